The zero-order chi connectivity index (χ0) is 19.1. The Morgan fingerprint density at radius 2 is 1.93 bits per heavy atom. The summed E-state index contributed by atoms with van der Waals surface area (Å²) in [6.07, 6.45) is 4.47. The first kappa shape index (κ1) is 20.1. The van der Waals surface area contributed by atoms with Crippen molar-refractivity contribution in [2.75, 3.05) is 26.2 Å². The Kier molecular flexibility index (Phi) is 7.09. The molecule has 0 radical (unpaired) electrons. The first-order chi connectivity index (χ1) is 13.1. The topological polar surface area (TPSA) is 91.8 Å². The largest absolute Gasteiger partial charge is 0.377 e. The summed E-state index contributed by atoms with van der Waals surface area (Å²) in [6.45, 7) is 5.35. The van der Waals surface area contributed by atoms with E-state index in [-0.39, 0.29) is 11.0 Å². The number of nitrogens with one attached hydrogen (secondary N) is 3. The number of hydrogen-bond donors (Lipinski definition) is 3. The molecular weight excluding hydrogens is 364 g/mol. The van der Waals surface area contributed by atoms with E-state index in [1.807, 2.05) is 19.1 Å². The Balaban J connectivity index is 1.53. The molecule has 1 aromatic carbocycles. The van der Waals surface area contributed by atoms with E-state index < -0.39 is 10.0 Å². The molecule has 3 N–H and O–H groups in total. The van der Waals surface area contributed by atoms with E-state index in [9.17, 15) is 8.42 Å². The van der Waals surface area contributed by atoms with Gasteiger partial charge in [-0.25, -0.2) is 18.1 Å². The molecule has 0 bridgehead atoms. The summed E-state index contributed by atoms with van der Waals surface area (Å²) in [5, 5.41) is 6.59. The highest BCUT2D eigenvalue weighted by Crippen LogP contribution is 2.27. The van der Waals surface area contributed by atoms with Gasteiger partial charge in [0, 0.05) is 26.2 Å². The molecule has 1 aromatic rings. The second-order valence-electron chi connectivity index (χ2n) is 7.15. The van der Waals surface area contributed by atoms with E-state index in [0.29, 0.717) is 19.7 Å². The fourth-order valence-electron chi connectivity index (χ4n) is 2.94. The molecule has 0 aromatic heterocycles. The summed E-state index contributed by atoms with van der Waals surface area (Å²) >= 11 is 0. The minimum atomic E-state index is -3.51. The third-order valence-electron chi connectivity index (χ3n) is 4.78. The fourth-order valence-corrected chi connectivity index (χ4v) is 4.01. The molecule has 1 heterocycles. The summed E-state index contributed by atoms with van der Waals surface area (Å²) in [5.74, 6) is 1.58. The van der Waals surface area contributed by atoms with Crippen molar-refractivity contribution in [2.24, 2.45) is 10.9 Å². The molecule has 8 heteroatoms. The molecule has 7 nitrogen and oxygen atoms in total. The van der Waals surface area contributed by atoms with Gasteiger partial charge < -0.3 is 15.4 Å². The highest BCUT2D eigenvalue weighted by atomic mass is 32.2. The average Bonchev–Trinajstić information content (AvgIpc) is 3.35. The number of sulfonamides is 1. The van der Waals surface area contributed by atoms with Crippen LogP contribution in [-0.4, -0.2) is 46.7 Å². The van der Waals surface area contributed by atoms with Crippen molar-refractivity contribution < 1.29 is 13.2 Å². The van der Waals surface area contributed by atoms with Crippen LogP contribution in [0.2, 0.25) is 0 Å². The van der Waals surface area contributed by atoms with Crippen LogP contribution in [0.5, 0.6) is 0 Å². The third kappa shape index (κ3) is 6.48. The lowest BCUT2D eigenvalue weighted by Gasteiger charge is -2.12. The summed E-state index contributed by atoms with van der Waals surface area (Å²) in [5.41, 5.74) is 0.969. The predicted octanol–water partition coefficient (Wildman–Crippen LogP) is 1.61. The Morgan fingerprint density at radius 3 is 2.56 bits per heavy atom. The lowest BCUT2D eigenvalue weighted by Crippen LogP contribution is -2.38. The summed E-state index contributed by atoms with van der Waals surface area (Å²) in [6, 6.07) is 6.89. The standard InChI is InChI=1S/C19H30N4O3S/c1-2-20-19(21-12-15-5-6-15)22-13-16-7-9-18(10-8-16)27(24,25)23-14-17-4-3-11-26-17/h7-10,15,17,23H,2-6,11-14H2,1H3,(H2,20,21,22). The van der Waals surface area contributed by atoms with E-state index in [1.165, 1.54) is 12.8 Å². The molecule has 1 saturated heterocycles. The minimum absolute atomic E-state index is 0.0130. The van der Waals surface area contributed by atoms with Gasteiger partial charge in [0.15, 0.2) is 5.96 Å². The smallest absolute Gasteiger partial charge is 0.240 e. The van der Waals surface area contributed by atoms with Crippen molar-refractivity contribution in [1.82, 2.24) is 15.4 Å². The van der Waals surface area contributed by atoms with Gasteiger partial charge in [0.05, 0.1) is 17.5 Å². The third-order valence-corrected chi connectivity index (χ3v) is 6.22. The first-order valence-electron chi connectivity index (χ1n) is 9.79. The summed E-state index contributed by atoms with van der Waals surface area (Å²) < 4.78 is 32.9. The summed E-state index contributed by atoms with van der Waals surface area (Å²) in [4.78, 5) is 4.85. The van der Waals surface area contributed by atoms with Gasteiger partial charge in [0.25, 0.3) is 0 Å². The van der Waals surface area contributed by atoms with Crippen LogP contribution in [0.3, 0.4) is 0 Å². The van der Waals surface area contributed by atoms with Crippen molar-refractivity contribution in [3.05, 3.63) is 29.8 Å². The normalized spacial score (nSPS) is 20.6. The molecule has 27 heavy (non-hydrogen) atoms. The van der Waals surface area contributed by atoms with Crippen LogP contribution in [0.25, 0.3) is 0 Å². The Hall–Kier alpha value is -1.64. The molecule has 3 rings (SSSR count). The number of rotatable bonds is 9. The lowest BCUT2D eigenvalue weighted by atomic mass is 10.2. The maximum Gasteiger partial charge on any atom is 0.240 e. The molecule has 0 amide bonds. The van der Waals surface area contributed by atoms with Crippen LogP contribution in [0.15, 0.2) is 34.2 Å². The van der Waals surface area contributed by atoms with E-state index >= 15 is 0 Å². The van der Waals surface area contributed by atoms with Crippen molar-refractivity contribution in [2.45, 2.75) is 50.2 Å². The number of guanidine groups is 1. The molecule has 1 saturated carbocycles. The molecule has 2 aliphatic rings. The van der Waals surface area contributed by atoms with Gasteiger partial charge in [0.1, 0.15) is 0 Å². The number of hydrogen-bond acceptors (Lipinski definition) is 4. The van der Waals surface area contributed by atoms with Gasteiger partial charge in [-0.15, -0.1) is 0 Å². The predicted molar refractivity (Wildman–Crippen MR) is 106 cm³/mol. The van der Waals surface area contributed by atoms with Crippen LogP contribution in [-0.2, 0) is 21.3 Å². The van der Waals surface area contributed by atoms with Gasteiger partial charge in [-0.05, 0) is 56.2 Å². The zero-order valence-corrected chi connectivity index (χ0v) is 16.7. The highest BCUT2D eigenvalue weighted by molar-refractivity contribution is 7.89. The van der Waals surface area contributed by atoms with Crippen LogP contribution >= 0.6 is 0 Å². The molecule has 1 aliphatic carbocycles. The van der Waals surface area contributed by atoms with E-state index in [1.54, 1.807) is 12.1 Å². The van der Waals surface area contributed by atoms with E-state index in [0.717, 1.165) is 43.4 Å². The SMILES string of the molecule is CCNC(=NCc1ccc(S(=O)(=O)NCC2CCCO2)cc1)NCC1CC1. The van der Waals surface area contributed by atoms with Crippen molar-refractivity contribution in [3.63, 3.8) is 0 Å². The van der Waals surface area contributed by atoms with Crippen LogP contribution < -0.4 is 15.4 Å². The van der Waals surface area contributed by atoms with E-state index in [4.69, 9.17) is 4.74 Å². The molecular formula is C19H30N4O3S. The Bertz CT molecular complexity index is 724. The average molecular weight is 395 g/mol. The molecule has 0 spiro atoms. The van der Waals surface area contributed by atoms with Crippen molar-refractivity contribution >= 4 is 16.0 Å². The van der Waals surface area contributed by atoms with Crippen LogP contribution in [0.1, 0.15) is 38.2 Å². The Labute approximate surface area is 162 Å². The van der Waals surface area contributed by atoms with Gasteiger partial charge in [0.2, 0.25) is 10.0 Å². The summed E-state index contributed by atoms with van der Waals surface area (Å²) in [7, 11) is -3.51. The fraction of sp³-hybridized carbons (Fsp3) is 0.632. The van der Waals surface area contributed by atoms with Gasteiger partial charge >= 0.3 is 0 Å². The zero-order valence-electron chi connectivity index (χ0n) is 15.9. The second kappa shape index (κ2) is 9.52. The van der Waals surface area contributed by atoms with Crippen LogP contribution in [0.4, 0.5) is 0 Å². The maximum absolute atomic E-state index is 12.4. The number of nitrogens with zero attached hydrogens (tertiary/aromatic N) is 1. The monoisotopic (exact) mass is 394 g/mol. The van der Waals surface area contributed by atoms with Crippen LogP contribution in [0, 0.1) is 5.92 Å². The molecule has 1 unspecified atom stereocenters. The van der Waals surface area contributed by atoms with Crippen molar-refractivity contribution in [1.29, 1.82) is 0 Å². The maximum atomic E-state index is 12.4. The van der Waals surface area contributed by atoms with Gasteiger partial charge in [-0.3, -0.25) is 0 Å². The minimum Gasteiger partial charge on any atom is -0.377 e. The van der Waals surface area contributed by atoms with Gasteiger partial charge in [-0.2, -0.15) is 0 Å². The molecule has 1 atom stereocenters. The molecule has 150 valence electrons. The highest BCUT2D eigenvalue weighted by Gasteiger charge is 2.21. The Morgan fingerprint density at radius 1 is 1.15 bits per heavy atom. The number of benzene rings is 1. The lowest BCUT2D eigenvalue weighted by molar-refractivity contribution is 0.114. The quantitative estimate of drug-likeness (QED) is 0.437. The number of aliphatic imine (C=N–C) groups is 1. The second-order valence-corrected chi connectivity index (χ2v) is 8.92. The molecule has 2 fully saturated rings. The van der Waals surface area contributed by atoms with Gasteiger partial charge in [-0.1, -0.05) is 12.1 Å². The first-order valence-corrected chi connectivity index (χ1v) is 11.3. The molecule has 1 aliphatic heterocycles. The van der Waals surface area contributed by atoms with E-state index in [2.05, 4.69) is 20.3 Å². The number of ether oxygens (including phenoxy) is 1. The van der Waals surface area contributed by atoms with Crippen molar-refractivity contribution in [3.8, 4) is 0 Å².